The van der Waals surface area contributed by atoms with E-state index in [1.54, 1.807) is 0 Å². The van der Waals surface area contributed by atoms with Crippen LogP contribution in [0, 0.1) is 0 Å². The number of thioether (sulfide) groups is 1. The van der Waals surface area contributed by atoms with Gasteiger partial charge in [-0.3, -0.25) is 0 Å². The van der Waals surface area contributed by atoms with Gasteiger partial charge < -0.3 is 8.94 Å². The molecule has 0 saturated heterocycles. The molecule has 0 N–H and O–H groups in total. The summed E-state index contributed by atoms with van der Waals surface area (Å²) in [5.41, 5.74) is -0.325. The lowest BCUT2D eigenvalue weighted by Gasteiger charge is -2.05. The number of hydrogen-bond acceptors (Lipinski definition) is 9. The Morgan fingerprint density at radius 2 is 1.89 bits per heavy atom. The van der Waals surface area contributed by atoms with Gasteiger partial charge in [-0.15, -0.1) is 10.2 Å². The van der Waals surface area contributed by atoms with Gasteiger partial charge >= 0.3 is 6.18 Å². The first-order valence-electron chi connectivity index (χ1n) is 7.75. The van der Waals surface area contributed by atoms with E-state index in [-0.39, 0.29) is 17.5 Å². The Kier molecular flexibility index (Phi) is 4.81. The maximum absolute atomic E-state index is 12.6. The molecule has 9 nitrogen and oxygen atoms in total. The Bertz CT molecular complexity index is 1040. The van der Waals surface area contributed by atoms with Crippen molar-refractivity contribution in [2.75, 3.05) is 0 Å². The van der Waals surface area contributed by atoms with Crippen LogP contribution < -0.4 is 0 Å². The Labute approximate surface area is 159 Å². The summed E-state index contributed by atoms with van der Waals surface area (Å²) < 4.78 is 50.0. The highest BCUT2D eigenvalue weighted by molar-refractivity contribution is 7.98. The molecule has 0 saturated carbocycles. The minimum atomic E-state index is -4.39. The van der Waals surface area contributed by atoms with Crippen LogP contribution in [-0.4, -0.2) is 35.1 Å². The highest BCUT2D eigenvalue weighted by Crippen LogP contribution is 2.30. The largest absolute Gasteiger partial charge is 0.416 e. The lowest BCUT2D eigenvalue weighted by Crippen LogP contribution is -2.04. The van der Waals surface area contributed by atoms with Crippen LogP contribution in [0.2, 0.25) is 0 Å². The standard InChI is InChI=1S/C15H10F3N7O2S/c16-15(17,18)10-3-1-9(2-4-10)13-21-12(27-24-13)6-28-14-23-22-11(26-14)5-25-8-19-7-20-25/h1-4,7-8H,5-6H2. The van der Waals surface area contributed by atoms with Crippen molar-refractivity contribution in [1.29, 1.82) is 0 Å². The van der Waals surface area contributed by atoms with Crippen LogP contribution in [0.15, 0.2) is 51.1 Å². The molecule has 4 aromatic rings. The van der Waals surface area contributed by atoms with Crippen molar-refractivity contribution in [2.45, 2.75) is 23.7 Å². The predicted octanol–water partition coefficient (Wildman–Crippen LogP) is 3.07. The monoisotopic (exact) mass is 409 g/mol. The average molecular weight is 409 g/mol. The summed E-state index contributed by atoms with van der Waals surface area (Å²) in [5, 5.41) is 15.8. The van der Waals surface area contributed by atoms with Crippen LogP contribution in [0.4, 0.5) is 13.2 Å². The fraction of sp³-hybridized carbons (Fsp3) is 0.200. The van der Waals surface area contributed by atoms with Gasteiger partial charge in [0.25, 0.3) is 5.22 Å². The molecule has 0 spiro atoms. The molecule has 3 aromatic heterocycles. The zero-order valence-electron chi connectivity index (χ0n) is 13.9. The van der Waals surface area contributed by atoms with Gasteiger partial charge in [-0.1, -0.05) is 29.1 Å². The Balaban J connectivity index is 1.37. The van der Waals surface area contributed by atoms with E-state index in [1.807, 2.05) is 0 Å². The van der Waals surface area contributed by atoms with Gasteiger partial charge in [0.05, 0.1) is 11.3 Å². The number of rotatable bonds is 6. The molecule has 0 atom stereocenters. The molecule has 0 unspecified atom stereocenters. The van der Waals surface area contributed by atoms with Gasteiger partial charge in [-0.25, -0.2) is 9.67 Å². The van der Waals surface area contributed by atoms with Gasteiger partial charge in [-0.05, 0) is 12.1 Å². The minimum absolute atomic E-state index is 0.196. The highest BCUT2D eigenvalue weighted by Gasteiger charge is 2.30. The first kappa shape index (κ1) is 18.2. The molecule has 0 radical (unpaired) electrons. The number of benzene rings is 1. The molecule has 0 aliphatic rings. The van der Waals surface area contributed by atoms with Crippen molar-refractivity contribution in [3.05, 3.63) is 54.3 Å². The van der Waals surface area contributed by atoms with E-state index in [1.165, 1.54) is 41.2 Å². The fourth-order valence-corrected chi connectivity index (χ4v) is 2.79. The van der Waals surface area contributed by atoms with Crippen LogP contribution in [0.3, 0.4) is 0 Å². The van der Waals surface area contributed by atoms with Gasteiger partial charge in [-0.2, -0.15) is 23.3 Å². The van der Waals surface area contributed by atoms with Crippen molar-refractivity contribution < 1.29 is 22.1 Å². The van der Waals surface area contributed by atoms with E-state index in [2.05, 4.69) is 30.4 Å². The number of aromatic nitrogens is 7. The summed E-state index contributed by atoms with van der Waals surface area (Å²) >= 11 is 1.19. The van der Waals surface area contributed by atoms with Crippen LogP contribution in [0.25, 0.3) is 11.4 Å². The molecule has 0 bridgehead atoms. The second-order valence-corrected chi connectivity index (χ2v) is 6.36. The highest BCUT2D eigenvalue weighted by atomic mass is 32.2. The van der Waals surface area contributed by atoms with Gasteiger partial charge in [0.2, 0.25) is 17.6 Å². The molecular weight excluding hydrogens is 399 g/mol. The number of halogens is 3. The Morgan fingerprint density at radius 3 is 2.61 bits per heavy atom. The molecule has 4 rings (SSSR count). The topological polar surface area (TPSA) is 109 Å². The Hall–Kier alpha value is -3.22. The minimum Gasteiger partial charge on any atom is -0.414 e. The molecule has 28 heavy (non-hydrogen) atoms. The summed E-state index contributed by atoms with van der Waals surface area (Å²) in [5.74, 6) is 1.10. The van der Waals surface area contributed by atoms with Gasteiger partial charge in [0.1, 0.15) is 19.2 Å². The number of hydrogen-bond donors (Lipinski definition) is 0. The molecular formula is C15H10F3N7O2S. The van der Waals surface area contributed by atoms with Crippen molar-refractivity contribution in [3.63, 3.8) is 0 Å². The predicted molar refractivity (Wildman–Crippen MR) is 87.7 cm³/mol. The van der Waals surface area contributed by atoms with E-state index in [4.69, 9.17) is 8.94 Å². The molecule has 0 fully saturated rings. The summed E-state index contributed by atoms with van der Waals surface area (Å²) in [6.07, 6.45) is -1.47. The molecule has 1 aromatic carbocycles. The van der Waals surface area contributed by atoms with Crippen LogP contribution >= 0.6 is 11.8 Å². The summed E-state index contributed by atoms with van der Waals surface area (Å²) in [6.45, 7) is 0.298. The SMILES string of the molecule is FC(F)(F)c1ccc(-c2noc(CSc3nnc(Cn4cncn4)o3)n2)cc1. The lowest BCUT2D eigenvalue weighted by atomic mass is 10.1. The lowest BCUT2D eigenvalue weighted by molar-refractivity contribution is -0.137. The molecule has 13 heteroatoms. The Morgan fingerprint density at radius 1 is 1.07 bits per heavy atom. The van der Waals surface area contributed by atoms with Crippen LogP contribution in [0.1, 0.15) is 17.3 Å². The van der Waals surface area contributed by atoms with E-state index < -0.39 is 11.7 Å². The van der Waals surface area contributed by atoms with Crippen LogP contribution in [-0.2, 0) is 18.5 Å². The maximum Gasteiger partial charge on any atom is 0.416 e. The van der Waals surface area contributed by atoms with Crippen molar-refractivity contribution in [1.82, 2.24) is 35.1 Å². The number of nitrogens with zero attached hydrogens (tertiary/aromatic N) is 7. The molecule has 144 valence electrons. The average Bonchev–Trinajstić information content (AvgIpc) is 3.42. The third-order valence-corrected chi connectivity index (χ3v) is 4.27. The summed E-state index contributed by atoms with van der Waals surface area (Å²) in [4.78, 5) is 7.98. The zero-order valence-corrected chi connectivity index (χ0v) is 14.7. The van der Waals surface area contributed by atoms with Crippen molar-refractivity contribution in [2.24, 2.45) is 0 Å². The summed E-state index contributed by atoms with van der Waals surface area (Å²) in [7, 11) is 0. The summed E-state index contributed by atoms with van der Waals surface area (Å²) in [6, 6.07) is 4.52. The smallest absolute Gasteiger partial charge is 0.414 e. The third kappa shape index (κ3) is 4.19. The molecule has 0 amide bonds. The second-order valence-electron chi connectivity index (χ2n) is 5.43. The molecule has 3 heterocycles. The zero-order chi connectivity index (χ0) is 19.6. The van der Waals surface area contributed by atoms with Gasteiger partial charge in [0.15, 0.2) is 0 Å². The molecule has 0 aliphatic heterocycles. The first-order valence-corrected chi connectivity index (χ1v) is 8.74. The van der Waals surface area contributed by atoms with E-state index in [0.29, 0.717) is 23.2 Å². The first-order chi connectivity index (χ1) is 13.5. The maximum atomic E-state index is 12.6. The van der Waals surface area contributed by atoms with E-state index >= 15 is 0 Å². The quantitative estimate of drug-likeness (QED) is 0.444. The second kappa shape index (κ2) is 7.42. The number of alkyl halides is 3. The van der Waals surface area contributed by atoms with Crippen molar-refractivity contribution >= 4 is 11.8 Å². The van der Waals surface area contributed by atoms with Gasteiger partial charge in [0, 0.05) is 5.56 Å². The molecule has 0 aliphatic carbocycles. The normalized spacial score (nSPS) is 11.8. The van der Waals surface area contributed by atoms with E-state index in [0.717, 1.165) is 12.1 Å². The van der Waals surface area contributed by atoms with Crippen molar-refractivity contribution in [3.8, 4) is 11.4 Å². The van der Waals surface area contributed by atoms with E-state index in [9.17, 15) is 13.2 Å². The fourth-order valence-electron chi connectivity index (χ4n) is 2.18. The van der Waals surface area contributed by atoms with Crippen LogP contribution in [0.5, 0.6) is 0 Å². The third-order valence-electron chi connectivity index (χ3n) is 3.47.